The number of carbonyl (C=O) groups excluding carboxylic acids is 1. The van der Waals surface area contributed by atoms with Crippen molar-refractivity contribution in [1.29, 1.82) is 0 Å². The summed E-state index contributed by atoms with van der Waals surface area (Å²) in [7, 11) is 0. The van der Waals surface area contributed by atoms with E-state index in [0.717, 1.165) is 25.9 Å². The average Bonchev–Trinajstić information content (AvgIpc) is 2.25. The van der Waals surface area contributed by atoms with Gasteiger partial charge in [-0.25, -0.2) is 4.79 Å². The molecule has 18 heavy (non-hydrogen) atoms. The molecule has 0 saturated carbocycles. The van der Waals surface area contributed by atoms with Crippen LogP contribution < -0.4 is 11.1 Å². The van der Waals surface area contributed by atoms with Crippen molar-refractivity contribution in [2.45, 2.75) is 51.7 Å². The molecule has 0 radical (unpaired) electrons. The molecule has 0 saturated heterocycles. The van der Waals surface area contributed by atoms with E-state index in [1.54, 1.807) is 6.26 Å². The number of hydrogen-bond donors (Lipinski definition) is 2. The van der Waals surface area contributed by atoms with Gasteiger partial charge in [-0.15, -0.1) is 0 Å². The molecule has 0 aromatic rings. The van der Waals surface area contributed by atoms with E-state index in [0.29, 0.717) is 6.54 Å². The summed E-state index contributed by atoms with van der Waals surface area (Å²) in [6, 6.07) is -0.106. The molecule has 5 heteroatoms. The Morgan fingerprint density at radius 2 is 2.33 bits per heavy atom. The summed E-state index contributed by atoms with van der Waals surface area (Å²) in [5, 5.41) is 2.67. The summed E-state index contributed by atoms with van der Waals surface area (Å²) in [5.41, 5.74) is 6.68. The molecule has 1 atom stereocenters. The Kier molecular flexibility index (Phi) is 5.47. The van der Waals surface area contributed by atoms with Crippen LogP contribution in [0.4, 0.5) is 4.79 Å². The first-order valence-corrected chi connectivity index (χ1v) is 6.39. The third kappa shape index (κ3) is 6.49. The number of nitrogens with one attached hydrogen (secondary N) is 1. The van der Waals surface area contributed by atoms with Gasteiger partial charge in [-0.2, -0.15) is 0 Å². The monoisotopic (exact) mass is 256 g/mol. The lowest BCUT2D eigenvalue weighted by Crippen LogP contribution is -2.40. The summed E-state index contributed by atoms with van der Waals surface area (Å²) in [6.45, 7) is 6.69. The minimum absolute atomic E-state index is 0.106. The quantitative estimate of drug-likeness (QED) is 0.806. The van der Waals surface area contributed by atoms with Gasteiger partial charge in [-0.3, -0.25) is 0 Å². The smallest absolute Gasteiger partial charge is 0.407 e. The number of ether oxygens (including phenoxy) is 2. The van der Waals surface area contributed by atoms with Crippen LogP contribution in [0.3, 0.4) is 0 Å². The molecule has 1 rings (SSSR count). The van der Waals surface area contributed by atoms with E-state index in [1.807, 2.05) is 20.8 Å². The van der Waals surface area contributed by atoms with Crippen molar-refractivity contribution in [2.24, 2.45) is 5.73 Å². The fourth-order valence-electron chi connectivity index (χ4n) is 1.71. The molecular weight excluding hydrogens is 232 g/mol. The molecule has 0 aliphatic carbocycles. The van der Waals surface area contributed by atoms with E-state index in [9.17, 15) is 4.79 Å². The van der Waals surface area contributed by atoms with E-state index >= 15 is 0 Å². The average molecular weight is 256 g/mol. The van der Waals surface area contributed by atoms with E-state index < -0.39 is 11.7 Å². The molecule has 0 aromatic carbocycles. The Hall–Kier alpha value is -1.23. The highest BCUT2D eigenvalue weighted by Crippen LogP contribution is 2.16. The first-order valence-electron chi connectivity index (χ1n) is 6.39. The molecule has 0 spiro atoms. The summed E-state index contributed by atoms with van der Waals surface area (Å²) in [6.07, 6.45) is 4.18. The number of amides is 1. The SMILES string of the molecule is CC(C)(C)OC(=O)NCC(N)CC1=COCCC1. The summed E-state index contributed by atoms with van der Waals surface area (Å²) in [5.74, 6) is 0. The largest absolute Gasteiger partial charge is 0.501 e. The van der Waals surface area contributed by atoms with E-state index in [4.69, 9.17) is 15.2 Å². The van der Waals surface area contributed by atoms with Crippen molar-refractivity contribution in [3.05, 3.63) is 11.8 Å². The van der Waals surface area contributed by atoms with Crippen LogP contribution in [0.5, 0.6) is 0 Å². The number of nitrogens with two attached hydrogens (primary N) is 1. The predicted molar refractivity (Wildman–Crippen MR) is 70.1 cm³/mol. The fourth-order valence-corrected chi connectivity index (χ4v) is 1.71. The van der Waals surface area contributed by atoms with Crippen LogP contribution in [0.15, 0.2) is 11.8 Å². The van der Waals surface area contributed by atoms with E-state index in [1.165, 1.54) is 5.57 Å². The second kappa shape index (κ2) is 6.64. The van der Waals surface area contributed by atoms with Crippen LogP contribution in [-0.2, 0) is 9.47 Å². The Morgan fingerprint density at radius 3 is 2.89 bits per heavy atom. The van der Waals surface area contributed by atoms with Gasteiger partial charge < -0.3 is 20.5 Å². The fraction of sp³-hybridized carbons (Fsp3) is 0.769. The van der Waals surface area contributed by atoms with Crippen molar-refractivity contribution in [2.75, 3.05) is 13.2 Å². The Labute approximate surface area is 109 Å². The summed E-state index contributed by atoms with van der Waals surface area (Å²) in [4.78, 5) is 11.4. The maximum atomic E-state index is 11.4. The Morgan fingerprint density at radius 1 is 1.61 bits per heavy atom. The minimum Gasteiger partial charge on any atom is -0.501 e. The van der Waals surface area contributed by atoms with E-state index in [-0.39, 0.29) is 6.04 Å². The molecule has 3 N–H and O–H groups in total. The summed E-state index contributed by atoms with van der Waals surface area (Å²) >= 11 is 0. The maximum Gasteiger partial charge on any atom is 0.407 e. The van der Waals surface area contributed by atoms with Crippen molar-refractivity contribution in [3.8, 4) is 0 Å². The molecule has 1 unspecified atom stereocenters. The van der Waals surface area contributed by atoms with Crippen LogP contribution in [0.1, 0.15) is 40.0 Å². The number of carbonyl (C=O) groups is 1. The predicted octanol–water partition coefficient (Wildman–Crippen LogP) is 1.92. The van der Waals surface area contributed by atoms with Gasteiger partial charge in [0, 0.05) is 12.6 Å². The van der Waals surface area contributed by atoms with Crippen molar-refractivity contribution < 1.29 is 14.3 Å². The number of hydrogen-bond acceptors (Lipinski definition) is 4. The maximum absolute atomic E-state index is 11.4. The molecule has 1 amide bonds. The lowest BCUT2D eigenvalue weighted by molar-refractivity contribution is 0.0524. The van der Waals surface area contributed by atoms with Crippen molar-refractivity contribution >= 4 is 6.09 Å². The standard InChI is InChI=1S/C13H24N2O3/c1-13(2,3)18-12(16)15-8-11(14)7-10-5-4-6-17-9-10/h9,11H,4-8,14H2,1-3H3,(H,15,16). The zero-order chi connectivity index (χ0) is 13.6. The molecular formula is C13H24N2O3. The van der Waals surface area contributed by atoms with Crippen LogP contribution in [0.2, 0.25) is 0 Å². The summed E-state index contributed by atoms with van der Waals surface area (Å²) < 4.78 is 10.4. The van der Waals surface area contributed by atoms with Crippen LogP contribution in [0, 0.1) is 0 Å². The number of rotatable bonds is 4. The van der Waals surface area contributed by atoms with Crippen LogP contribution in [-0.4, -0.2) is 30.9 Å². The highest BCUT2D eigenvalue weighted by Gasteiger charge is 2.17. The second-order valence-corrected chi connectivity index (χ2v) is 5.60. The Bertz CT molecular complexity index is 308. The molecule has 104 valence electrons. The third-order valence-corrected chi connectivity index (χ3v) is 2.44. The highest BCUT2D eigenvalue weighted by atomic mass is 16.6. The number of alkyl carbamates (subject to hydrolysis) is 1. The molecule has 0 bridgehead atoms. The molecule has 5 nitrogen and oxygen atoms in total. The zero-order valence-electron chi connectivity index (χ0n) is 11.5. The van der Waals surface area contributed by atoms with Gasteiger partial charge in [0.05, 0.1) is 12.9 Å². The zero-order valence-corrected chi connectivity index (χ0v) is 11.5. The normalized spacial score (nSPS) is 17.4. The van der Waals surface area contributed by atoms with Gasteiger partial charge >= 0.3 is 6.09 Å². The molecule has 1 aliphatic rings. The molecule has 1 heterocycles. The molecule has 0 fully saturated rings. The van der Waals surface area contributed by atoms with Crippen molar-refractivity contribution in [3.63, 3.8) is 0 Å². The van der Waals surface area contributed by atoms with Gasteiger partial charge in [0.15, 0.2) is 0 Å². The minimum atomic E-state index is -0.478. The lowest BCUT2D eigenvalue weighted by Gasteiger charge is -2.21. The topological polar surface area (TPSA) is 73.6 Å². The molecule has 0 aromatic heterocycles. The van der Waals surface area contributed by atoms with Gasteiger partial charge in [0.2, 0.25) is 0 Å². The van der Waals surface area contributed by atoms with Gasteiger partial charge in [-0.1, -0.05) is 0 Å². The molecule has 1 aliphatic heterocycles. The second-order valence-electron chi connectivity index (χ2n) is 5.60. The first-order chi connectivity index (χ1) is 8.37. The van der Waals surface area contributed by atoms with Crippen molar-refractivity contribution in [1.82, 2.24) is 5.32 Å². The van der Waals surface area contributed by atoms with Crippen LogP contribution >= 0.6 is 0 Å². The first kappa shape index (κ1) is 14.8. The van der Waals surface area contributed by atoms with Crippen LogP contribution in [0.25, 0.3) is 0 Å². The van der Waals surface area contributed by atoms with Gasteiger partial charge in [-0.05, 0) is 45.6 Å². The third-order valence-electron chi connectivity index (χ3n) is 2.44. The van der Waals surface area contributed by atoms with E-state index in [2.05, 4.69) is 5.32 Å². The Balaban J connectivity index is 2.22. The highest BCUT2D eigenvalue weighted by molar-refractivity contribution is 5.67. The lowest BCUT2D eigenvalue weighted by atomic mass is 10.0. The van der Waals surface area contributed by atoms with Gasteiger partial charge in [0.25, 0.3) is 0 Å². The van der Waals surface area contributed by atoms with Gasteiger partial charge in [0.1, 0.15) is 5.60 Å².